The SMILES string of the molecule is c1ccc(-c2ccc(-c3nc(-c4cccnc4)nc(-c4cccc(-c5cccc6c5sc5ccccc56)c4)n3)c(-n3c4ccccc4c4ccccc43)c2)cc1. The van der Waals surface area contributed by atoms with Gasteiger partial charge in [-0.3, -0.25) is 4.98 Å². The van der Waals surface area contributed by atoms with Crippen molar-refractivity contribution >= 4 is 53.3 Å². The molecule has 0 N–H and O–H groups in total. The first-order valence-electron chi connectivity index (χ1n) is 18.6. The Morgan fingerprint density at radius 2 is 1.02 bits per heavy atom. The van der Waals surface area contributed by atoms with Gasteiger partial charge in [-0.25, -0.2) is 15.0 Å². The Kier molecular flexibility index (Phi) is 7.60. The number of hydrogen-bond donors (Lipinski definition) is 0. The van der Waals surface area contributed by atoms with Gasteiger partial charge in [-0.15, -0.1) is 11.3 Å². The van der Waals surface area contributed by atoms with Gasteiger partial charge in [-0.1, -0.05) is 127 Å². The van der Waals surface area contributed by atoms with Crippen LogP contribution in [0.1, 0.15) is 0 Å². The number of nitrogens with zero attached hydrogens (tertiary/aromatic N) is 5. The molecule has 4 heterocycles. The highest BCUT2D eigenvalue weighted by Gasteiger charge is 2.21. The van der Waals surface area contributed by atoms with Crippen molar-refractivity contribution in [2.24, 2.45) is 0 Å². The lowest BCUT2D eigenvalue weighted by atomic mass is 10.00. The molecule has 0 saturated carbocycles. The molecule has 5 nitrogen and oxygen atoms in total. The normalized spacial score (nSPS) is 11.6. The van der Waals surface area contributed by atoms with Gasteiger partial charge in [0.2, 0.25) is 0 Å². The van der Waals surface area contributed by atoms with E-state index in [-0.39, 0.29) is 0 Å². The highest BCUT2D eigenvalue weighted by Crippen LogP contribution is 2.41. The molecule has 0 bridgehead atoms. The predicted octanol–water partition coefficient (Wildman–Crippen LogP) is 13.1. The molecule has 56 heavy (non-hydrogen) atoms. The lowest BCUT2D eigenvalue weighted by Gasteiger charge is -2.16. The van der Waals surface area contributed by atoms with E-state index in [0.717, 1.165) is 50.1 Å². The van der Waals surface area contributed by atoms with Crippen molar-refractivity contribution in [1.82, 2.24) is 24.5 Å². The standard InChI is InChI=1S/C50H31N5S/c1-2-13-32(14-3-1)33-26-27-42(45(30-33)55-43-23-7-4-18-38(43)39-19-5-8-24-44(39)55)50-53-48(52-49(54-50)36-17-12-28-51-31-36)35-16-10-15-34(29-35)37-21-11-22-41-40-20-6-9-25-46(40)56-47(37)41/h1-31H. The van der Waals surface area contributed by atoms with Crippen LogP contribution in [0.5, 0.6) is 0 Å². The van der Waals surface area contributed by atoms with Crippen molar-refractivity contribution in [3.05, 3.63) is 188 Å². The monoisotopic (exact) mass is 733 g/mol. The second-order valence-electron chi connectivity index (χ2n) is 13.9. The van der Waals surface area contributed by atoms with E-state index >= 15 is 0 Å². The van der Waals surface area contributed by atoms with Crippen LogP contribution in [-0.2, 0) is 0 Å². The Bertz CT molecular complexity index is 3200. The predicted molar refractivity (Wildman–Crippen MR) is 232 cm³/mol. The van der Waals surface area contributed by atoms with E-state index in [2.05, 4.69) is 173 Å². The maximum Gasteiger partial charge on any atom is 0.166 e. The fourth-order valence-corrected chi connectivity index (χ4v) is 9.19. The van der Waals surface area contributed by atoms with Gasteiger partial charge in [0.25, 0.3) is 0 Å². The minimum atomic E-state index is 0.565. The second-order valence-corrected chi connectivity index (χ2v) is 14.9. The van der Waals surface area contributed by atoms with Crippen molar-refractivity contribution in [3.8, 4) is 62.1 Å². The minimum Gasteiger partial charge on any atom is -0.308 e. The summed E-state index contributed by atoms with van der Waals surface area (Å²) in [7, 11) is 0. The van der Waals surface area contributed by atoms with E-state index in [1.165, 1.54) is 36.5 Å². The first-order chi connectivity index (χ1) is 27.8. The molecule has 0 unspecified atom stereocenters. The minimum absolute atomic E-state index is 0.565. The molecule has 0 aliphatic rings. The molecule has 0 atom stereocenters. The van der Waals surface area contributed by atoms with E-state index in [1.54, 1.807) is 6.20 Å². The maximum absolute atomic E-state index is 5.31. The largest absolute Gasteiger partial charge is 0.308 e. The molecule has 0 amide bonds. The summed E-state index contributed by atoms with van der Waals surface area (Å²) >= 11 is 1.83. The van der Waals surface area contributed by atoms with E-state index < -0.39 is 0 Å². The van der Waals surface area contributed by atoms with Crippen LogP contribution in [0.15, 0.2) is 188 Å². The van der Waals surface area contributed by atoms with Crippen LogP contribution in [0.4, 0.5) is 0 Å². The third kappa shape index (κ3) is 5.38. The molecule has 0 aliphatic carbocycles. The number of hydrogen-bond acceptors (Lipinski definition) is 5. The van der Waals surface area contributed by atoms with Crippen molar-refractivity contribution in [3.63, 3.8) is 0 Å². The maximum atomic E-state index is 5.31. The fraction of sp³-hybridized carbons (Fsp3) is 0. The molecular weight excluding hydrogens is 703 g/mol. The van der Waals surface area contributed by atoms with E-state index in [9.17, 15) is 0 Å². The Labute approximate surface area is 326 Å². The zero-order chi connectivity index (χ0) is 37.0. The first-order valence-corrected chi connectivity index (χ1v) is 19.4. The summed E-state index contributed by atoms with van der Waals surface area (Å²) in [6, 6.07) is 62.0. The van der Waals surface area contributed by atoms with Crippen LogP contribution in [0.3, 0.4) is 0 Å². The average molecular weight is 734 g/mol. The zero-order valence-electron chi connectivity index (χ0n) is 30.0. The molecule has 0 aliphatic heterocycles. The number of pyridine rings is 1. The first kappa shape index (κ1) is 32.2. The van der Waals surface area contributed by atoms with Gasteiger partial charge in [0.15, 0.2) is 17.5 Å². The van der Waals surface area contributed by atoms with Gasteiger partial charge in [0.05, 0.1) is 16.7 Å². The number of rotatable bonds is 6. The smallest absolute Gasteiger partial charge is 0.166 e. The third-order valence-corrected chi connectivity index (χ3v) is 11.8. The Hall–Kier alpha value is -7.28. The number of para-hydroxylation sites is 2. The quantitative estimate of drug-likeness (QED) is 0.171. The Balaban J connectivity index is 1.15. The average Bonchev–Trinajstić information content (AvgIpc) is 3.83. The zero-order valence-corrected chi connectivity index (χ0v) is 30.9. The van der Waals surface area contributed by atoms with Gasteiger partial charge in [0.1, 0.15) is 0 Å². The Morgan fingerprint density at radius 3 is 1.80 bits per heavy atom. The van der Waals surface area contributed by atoms with E-state index in [0.29, 0.717) is 17.5 Å². The van der Waals surface area contributed by atoms with Gasteiger partial charge >= 0.3 is 0 Å². The van der Waals surface area contributed by atoms with Gasteiger partial charge in [-0.2, -0.15) is 0 Å². The van der Waals surface area contributed by atoms with Gasteiger partial charge in [-0.05, 0) is 70.8 Å². The molecule has 7 aromatic carbocycles. The topological polar surface area (TPSA) is 56.5 Å². The van der Waals surface area contributed by atoms with Crippen LogP contribution in [-0.4, -0.2) is 24.5 Å². The van der Waals surface area contributed by atoms with Crippen LogP contribution >= 0.6 is 11.3 Å². The summed E-state index contributed by atoms with van der Waals surface area (Å²) in [6.07, 6.45) is 3.58. The van der Waals surface area contributed by atoms with Crippen molar-refractivity contribution in [2.45, 2.75) is 0 Å². The second kappa shape index (κ2) is 13.2. The van der Waals surface area contributed by atoms with Gasteiger partial charge < -0.3 is 4.57 Å². The highest BCUT2D eigenvalue weighted by molar-refractivity contribution is 7.26. The number of aromatic nitrogens is 5. The lowest BCUT2D eigenvalue weighted by Crippen LogP contribution is -2.04. The van der Waals surface area contributed by atoms with Crippen molar-refractivity contribution < 1.29 is 0 Å². The highest BCUT2D eigenvalue weighted by atomic mass is 32.1. The number of benzene rings is 7. The Morgan fingerprint density at radius 1 is 0.393 bits per heavy atom. The van der Waals surface area contributed by atoms with Crippen LogP contribution in [0.2, 0.25) is 0 Å². The van der Waals surface area contributed by atoms with E-state index in [1.807, 2.05) is 29.7 Å². The molecule has 0 saturated heterocycles. The summed E-state index contributed by atoms with van der Waals surface area (Å²) in [5.41, 5.74) is 10.4. The van der Waals surface area contributed by atoms with E-state index in [4.69, 9.17) is 15.0 Å². The van der Waals surface area contributed by atoms with Crippen molar-refractivity contribution in [1.29, 1.82) is 0 Å². The summed E-state index contributed by atoms with van der Waals surface area (Å²) in [6.45, 7) is 0. The van der Waals surface area contributed by atoms with Crippen molar-refractivity contribution in [2.75, 3.05) is 0 Å². The fourth-order valence-electron chi connectivity index (χ4n) is 7.95. The molecule has 4 aromatic heterocycles. The summed E-state index contributed by atoms with van der Waals surface area (Å²) in [4.78, 5) is 20.1. The third-order valence-electron chi connectivity index (χ3n) is 10.6. The molecule has 0 radical (unpaired) electrons. The molecule has 262 valence electrons. The molecule has 0 spiro atoms. The number of fused-ring (bicyclic) bond motifs is 6. The molecule has 11 rings (SSSR count). The molecule has 11 aromatic rings. The molecular formula is C50H31N5S. The summed E-state index contributed by atoms with van der Waals surface area (Å²) in [5.74, 6) is 1.75. The van der Waals surface area contributed by atoms with Crippen LogP contribution < -0.4 is 0 Å². The number of thiophene rings is 1. The summed E-state index contributed by atoms with van der Waals surface area (Å²) in [5, 5.41) is 4.94. The van der Waals surface area contributed by atoms with Crippen LogP contribution in [0, 0.1) is 0 Å². The molecule has 6 heteroatoms. The van der Waals surface area contributed by atoms with Gasteiger partial charge in [0, 0.05) is 60.0 Å². The summed E-state index contributed by atoms with van der Waals surface area (Å²) < 4.78 is 4.91. The lowest BCUT2D eigenvalue weighted by molar-refractivity contribution is 1.06. The molecule has 0 fully saturated rings. The van der Waals surface area contributed by atoms with Crippen LogP contribution in [0.25, 0.3) is 104 Å².